The van der Waals surface area contributed by atoms with E-state index >= 15 is 0 Å². The molecule has 0 unspecified atom stereocenters. The topological polar surface area (TPSA) is 95.0 Å². The molecular weight excluding hydrogens is 427 g/mol. The van der Waals surface area contributed by atoms with Gasteiger partial charge in [-0.05, 0) is 37.0 Å². The second-order valence-corrected chi connectivity index (χ2v) is 9.76. The maximum absolute atomic E-state index is 13.1. The van der Waals surface area contributed by atoms with E-state index in [1.807, 2.05) is 6.92 Å². The number of aliphatic carboxylic acids is 1. The van der Waals surface area contributed by atoms with Gasteiger partial charge in [-0.3, -0.25) is 4.79 Å². The molecule has 1 fully saturated rings. The van der Waals surface area contributed by atoms with Crippen molar-refractivity contribution in [2.75, 3.05) is 13.6 Å². The van der Waals surface area contributed by atoms with Crippen LogP contribution in [0.25, 0.3) is 0 Å². The molecule has 1 aromatic carbocycles. The van der Waals surface area contributed by atoms with Crippen LogP contribution in [0.15, 0.2) is 23.1 Å². The van der Waals surface area contributed by atoms with Crippen molar-refractivity contribution < 1.29 is 23.1 Å². The van der Waals surface area contributed by atoms with Crippen LogP contribution in [0.3, 0.4) is 0 Å². The number of halogens is 2. The van der Waals surface area contributed by atoms with Gasteiger partial charge in [0.05, 0.1) is 4.90 Å². The van der Waals surface area contributed by atoms with Crippen LogP contribution in [0.5, 0.6) is 0 Å². The van der Waals surface area contributed by atoms with E-state index < -0.39 is 34.0 Å². The van der Waals surface area contributed by atoms with Crippen molar-refractivity contribution in [3.63, 3.8) is 0 Å². The Bertz CT molecular complexity index is 841. The average Bonchev–Trinajstić information content (AvgIpc) is 3.10. The van der Waals surface area contributed by atoms with E-state index in [1.165, 1.54) is 25.2 Å². The van der Waals surface area contributed by atoms with E-state index in [-0.39, 0.29) is 27.4 Å². The van der Waals surface area contributed by atoms with Crippen LogP contribution in [0, 0.1) is 5.92 Å². The molecule has 1 aliphatic heterocycles. The largest absolute Gasteiger partial charge is 0.480 e. The molecule has 156 valence electrons. The molecule has 7 nitrogen and oxygen atoms in total. The van der Waals surface area contributed by atoms with E-state index in [9.17, 15) is 23.1 Å². The van der Waals surface area contributed by atoms with Gasteiger partial charge in [0, 0.05) is 23.6 Å². The molecule has 10 heteroatoms. The fraction of sp³-hybridized carbons (Fsp3) is 0.556. The van der Waals surface area contributed by atoms with Crippen molar-refractivity contribution in [3.05, 3.63) is 28.2 Å². The molecule has 1 aromatic rings. The highest BCUT2D eigenvalue weighted by Gasteiger charge is 2.43. The quantitative estimate of drug-likeness (QED) is 0.688. The SMILES string of the molecule is CC[C@H](C)[C@@H](C(=O)O)N(C)C(=O)[C@@H]1CCCN1S(=O)(=O)c1cc(Cl)cc(Cl)c1. The van der Waals surface area contributed by atoms with E-state index in [2.05, 4.69) is 0 Å². The zero-order valence-corrected chi connectivity index (χ0v) is 18.3. The van der Waals surface area contributed by atoms with E-state index in [1.54, 1.807) is 6.92 Å². The molecule has 1 N–H and O–H groups in total. The first-order chi connectivity index (χ1) is 13.0. The standard InChI is InChI=1S/C18H24Cl2N2O5S/c1-4-11(2)16(18(24)25)21(3)17(23)15-6-5-7-22(15)28(26,27)14-9-12(19)8-13(20)10-14/h8-11,15-16H,4-7H2,1-3H3,(H,24,25)/t11-,15-,16-/m0/s1. The molecule has 0 radical (unpaired) electrons. The van der Waals surface area contributed by atoms with Gasteiger partial charge in [0.2, 0.25) is 15.9 Å². The van der Waals surface area contributed by atoms with Gasteiger partial charge in [-0.15, -0.1) is 0 Å². The Hall–Kier alpha value is -1.35. The smallest absolute Gasteiger partial charge is 0.326 e. The molecule has 0 saturated carbocycles. The lowest BCUT2D eigenvalue weighted by molar-refractivity contribution is -0.152. The second kappa shape index (κ2) is 8.98. The van der Waals surface area contributed by atoms with Crippen LogP contribution in [0.1, 0.15) is 33.1 Å². The van der Waals surface area contributed by atoms with Crippen molar-refractivity contribution in [2.24, 2.45) is 5.92 Å². The van der Waals surface area contributed by atoms with Gasteiger partial charge < -0.3 is 10.0 Å². The number of likely N-dealkylation sites (N-methyl/N-ethyl adjacent to an activating group) is 1. The van der Waals surface area contributed by atoms with Crippen molar-refractivity contribution in [1.29, 1.82) is 0 Å². The lowest BCUT2D eigenvalue weighted by Gasteiger charge is -2.33. The van der Waals surface area contributed by atoms with Gasteiger partial charge in [0.1, 0.15) is 12.1 Å². The first kappa shape index (κ1) is 22.9. The Morgan fingerprint density at radius 3 is 2.36 bits per heavy atom. The lowest BCUT2D eigenvalue weighted by atomic mass is 9.97. The zero-order valence-electron chi connectivity index (χ0n) is 15.9. The lowest BCUT2D eigenvalue weighted by Crippen LogP contribution is -2.53. The molecule has 1 aliphatic rings. The van der Waals surface area contributed by atoms with Crippen molar-refractivity contribution in [2.45, 2.75) is 50.1 Å². The third-order valence-electron chi connectivity index (χ3n) is 5.13. The third kappa shape index (κ3) is 4.62. The van der Waals surface area contributed by atoms with E-state index in [0.717, 1.165) is 9.21 Å². The van der Waals surface area contributed by atoms with Gasteiger partial charge in [-0.1, -0.05) is 43.5 Å². The normalized spacial score (nSPS) is 20.0. The summed E-state index contributed by atoms with van der Waals surface area (Å²) in [5.74, 6) is -1.91. The van der Waals surface area contributed by atoms with Crippen LogP contribution < -0.4 is 0 Å². The molecule has 0 aromatic heterocycles. The molecule has 3 atom stereocenters. The number of carboxylic acid groups (broad SMARTS) is 1. The highest BCUT2D eigenvalue weighted by Crippen LogP contribution is 2.31. The Morgan fingerprint density at radius 2 is 1.86 bits per heavy atom. The molecular formula is C18H24Cl2N2O5S. The van der Waals surface area contributed by atoms with Crippen LogP contribution >= 0.6 is 23.2 Å². The minimum Gasteiger partial charge on any atom is -0.480 e. The van der Waals surface area contributed by atoms with E-state index in [4.69, 9.17) is 23.2 Å². The molecule has 1 heterocycles. The summed E-state index contributed by atoms with van der Waals surface area (Å²) in [6, 6.07) is 2.00. The van der Waals surface area contributed by atoms with Gasteiger partial charge >= 0.3 is 5.97 Å². The summed E-state index contributed by atoms with van der Waals surface area (Å²) in [4.78, 5) is 25.8. The van der Waals surface area contributed by atoms with E-state index in [0.29, 0.717) is 19.3 Å². The van der Waals surface area contributed by atoms with Gasteiger partial charge in [-0.2, -0.15) is 4.31 Å². The van der Waals surface area contributed by atoms with Crippen LogP contribution in [0.4, 0.5) is 0 Å². The number of nitrogens with zero attached hydrogens (tertiary/aromatic N) is 2. The molecule has 28 heavy (non-hydrogen) atoms. The highest BCUT2D eigenvalue weighted by atomic mass is 35.5. The second-order valence-electron chi connectivity index (χ2n) is 7.00. The third-order valence-corrected chi connectivity index (χ3v) is 7.45. The maximum atomic E-state index is 13.1. The number of benzene rings is 1. The number of amides is 1. The van der Waals surface area contributed by atoms with Crippen molar-refractivity contribution in [1.82, 2.24) is 9.21 Å². The zero-order chi connectivity index (χ0) is 21.2. The first-order valence-electron chi connectivity index (χ1n) is 8.98. The Morgan fingerprint density at radius 1 is 1.29 bits per heavy atom. The Balaban J connectivity index is 2.35. The number of sulfonamides is 1. The maximum Gasteiger partial charge on any atom is 0.326 e. The summed E-state index contributed by atoms with van der Waals surface area (Å²) in [6.07, 6.45) is 1.39. The van der Waals surface area contributed by atoms with Crippen LogP contribution in [0.2, 0.25) is 10.0 Å². The number of carbonyl (C=O) groups is 2. The fourth-order valence-electron chi connectivity index (χ4n) is 3.47. The number of rotatable bonds is 7. The molecule has 2 rings (SSSR count). The van der Waals surface area contributed by atoms with Gasteiger partial charge in [0.25, 0.3) is 0 Å². The fourth-order valence-corrected chi connectivity index (χ4v) is 5.85. The monoisotopic (exact) mass is 450 g/mol. The summed E-state index contributed by atoms with van der Waals surface area (Å²) < 4.78 is 27.3. The molecule has 0 aliphatic carbocycles. The predicted octanol–water partition coefficient (Wildman–Crippen LogP) is 3.10. The number of carboxylic acids is 1. The highest BCUT2D eigenvalue weighted by molar-refractivity contribution is 7.89. The van der Waals surface area contributed by atoms with Gasteiger partial charge in [-0.25, -0.2) is 13.2 Å². The summed E-state index contributed by atoms with van der Waals surface area (Å²) in [7, 11) is -2.60. The Labute approximate surface area is 175 Å². The first-order valence-corrected chi connectivity index (χ1v) is 11.2. The number of carbonyl (C=O) groups excluding carboxylic acids is 1. The summed E-state index contributed by atoms with van der Waals surface area (Å²) in [5.41, 5.74) is 0. The predicted molar refractivity (Wildman–Crippen MR) is 107 cm³/mol. The Kier molecular flexibility index (Phi) is 7.36. The summed E-state index contributed by atoms with van der Waals surface area (Å²) in [6.45, 7) is 3.76. The van der Waals surface area contributed by atoms with Crippen LogP contribution in [-0.2, 0) is 19.6 Å². The van der Waals surface area contributed by atoms with Crippen LogP contribution in [-0.4, -0.2) is 60.3 Å². The van der Waals surface area contributed by atoms with Gasteiger partial charge in [0.15, 0.2) is 0 Å². The molecule has 0 spiro atoms. The number of hydrogen-bond acceptors (Lipinski definition) is 4. The van der Waals surface area contributed by atoms with Crippen molar-refractivity contribution >= 4 is 45.1 Å². The molecule has 0 bridgehead atoms. The minimum absolute atomic E-state index is 0.0935. The molecule has 1 saturated heterocycles. The van der Waals surface area contributed by atoms with Crippen molar-refractivity contribution in [3.8, 4) is 0 Å². The summed E-state index contributed by atoms with van der Waals surface area (Å²) in [5, 5.41) is 9.89. The minimum atomic E-state index is -4.01. The summed E-state index contributed by atoms with van der Waals surface area (Å²) >= 11 is 11.9. The molecule has 1 amide bonds. The number of hydrogen-bond donors (Lipinski definition) is 1. The average molecular weight is 451 g/mol.